The Balaban J connectivity index is 1.27. The van der Waals surface area contributed by atoms with E-state index in [1.54, 1.807) is 0 Å². The Bertz CT molecular complexity index is 3090. The predicted molar refractivity (Wildman–Crippen MR) is 233 cm³/mol. The van der Waals surface area contributed by atoms with Crippen molar-refractivity contribution in [3.05, 3.63) is 163 Å². The molecule has 260 valence electrons. The van der Waals surface area contributed by atoms with Crippen molar-refractivity contribution in [1.29, 1.82) is 0 Å². The van der Waals surface area contributed by atoms with Crippen LogP contribution in [0.1, 0.15) is 26.3 Å². The molecule has 8 aromatic carbocycles. The lowest BCUT2D eigenvalue weighted by Crippen LogP contribution is -2.62. The molecule has 9 aromatic rings. The summed E-state index contributed by atoms with van der Waals surface area (Å²) in [5.41, 5.74) is 16.8. The highest BCUT2D eigenvalue weighted by Crippen LogP contribution is 2.57. The fourth-order valence-corrected chi connectivity index (χ4v) is 10.6. The van der Waals surface area contributed by atoms with Crippen LogP contribution in [0.3, 0.4) is 0 Å². The SMILES string of the molecule is CC(C)(C)c1ccc(N2c3cc4c(cc3B3c5c2cc2ccccc2c5-c2cccc5c2N3c2ccccc2S5)oc2ccccc24)c(-c2ccccc2)c1. The van der Waals surface area contributed by atoms with Crippen LogP contribution in [0.5, 0.6) is 0 Å². The molecule has 0 unspecified atom stereocenters. The summed E-state index contributed by atoms with van der Waals surface area (Å²) in [5.74, 6) is 0. The summed E-state index contributed by atoms with van der Waals surface area (Å²) in [6.45, 7) is 6.82. The van der Waals surface area contributed by atoms with Crippen molar-refractivity contribution in [1.82, 2.24) is 0 Å². The molecule has 0 atom stereocenters. The molecule has 0 fully saturated rings. The Morgan fingerprint density at radius 3 is 2.18 bits per heavy atom. The normalized spacial score (nSPS) is 13.9. The fourth-order valence-electron chi connectivity index (χ4n) is 9.45. The van der Waals surface area contributed by atoms with Gasteiger partial charge in [0.15, 0.2) is 0 Å². The largest absolute Gasteiger partial charge is 0.456 e. The van der Waals surface area contributed by atoms with E-state index in [-0.39, 0.29) is 12.3 Å². The van der Waals surface area contributed by atoms with Crippen LogP contribution in [-0.2, 0) is 5.41 Å². The molecular weight excluding hydrogens is 687 g/mol. The maximum absolute atomic E-state index is 6.71. The second kappa shape index (κ2) is 11.2. The van der Waals surface area contributed by atoms with Crippen molar-refractivity contribution in [2.75, 3.05) is 9.71 Å². The first-order valence-corrected chi connectivity index (χ1v) is 19.9. The second-order valence-corrected chi connectivity index (χ2v) is 17.2. The molecule has 0 saturated carbocycles. The van der Waals surface area contributed by atoms with Gasteiger partial charge in [0, 0.05) is 48.8 Å². The minimum Gasteiger partial charge on any atom is -0.456 e. The van der Waals surface area contributed by atoms with E-state index in [0.717, 1.165) is 27.6 Å². The van der Waals surface area contributed by atoms with Gasteiger partial charge < -0.3 is 14.1 Å². The van der Waals surface area contributed by atoms with Crippen LogP contribution in [0.25, 0.3) is 55.0 Å². The van der Waals surface area contributed by atoms with E-state index in [4.69, 9.17) is 4.42 Å². The first kappa shape index (κ1) is 31.2. The summed E-state index contributed by atoms with van der Waals surface area (Å²) in [6, 6.07) is 58.5. The van der Waals surface area contributed by atoms with Gasteiger partial charge in [-0.05, 0) is 98.4 Å². The van der Waals surface area contributed by atoms with E-state index in [1.165, 1.54) is 82.1 Å². The van der Waals surface area contributed by atoms with Crippen LogP contribution in [-0.4, -0.2) is 6.85 Å². The second-order valence-electron chi connectivity index (χ2n) is 16.1. The summed E-state index contributed by atoms with van der Waals surface area (Å²) < 4.78 is 6.71. The van der Waals surface area contributed by atoms with Gasteiger partial charge in [-0.3, -0.25) is 0 Å². The molecule has 0 amide bonds. The maximum atomic E-state index is 6.71. The number of benzene rings is 8. The van der Waals surface area contributed by atoms with Gasteiger partial charge in [-0.25, -0.2) is 0 Å². The summed E-state index contributed by atoms with van der Waals surface area (Å²) in [6.07, 6.45) is 0. The standard InChI is InChI=1S/C50H35BN2OS/c1-50(2,3)32-24-25-39(36(27-32)30-14-5-4-6-15-30)52-41-28-37-34-18-9-11-21-43(34)54-44(37)29-38(41)51-48-42(52)26-31-16-7-8-17-33(31)47(48)35-19-13-23-46-49(35)53(51)40-20-10-12-22-45(40)55-46/h4-29H,1-3H3. The van der Waals surface area contributed by atoms with Gasteiger partial charge in [-0.2, -0.15) is 0 Å². The quantitative estimate of drug-likeness (QED) is 0.165. The average molecular weight is 723 g/mol. The van der Waals surface area contributed by atoms with Crippen LogP contribution < -0.4 is 20.6 Å². The molecule has 55 heavy (non-hydrogen) atoms. The topological polar surface area (TPSA) is 19.6 Å². The Labute approximate surface area is 324 Å². The van der Waals surface area contributed by atoms with E-state index < -0.39 is 0 Å². The molecule has 3 aliphatic heterocycles. The highest BCUT2D eigenvalue weighted by Gasteiger charge is 2.48. The third-order valence-corrected chi connectivity index (χ3v) is 13.1. The van der Waals surface area contributed by atoms with Crippen molar-refractivity contribution < 1.29 is 4.42 Å². The molecule has 0 saturated heterocycles. The Morgan fingerprint density at radius 1 is 0.545 bits per heavy atom. The van der Waals surface area contributed by atoms with E-state index in [0.29, 0.717) is 0 Å². The third-order valence-electron chi connectivity index (χ3n) is 11.9. The molecule has 0 spiro atoms. The summed E-state index contributed by atoms with van der Waals surface area (Å²) in [5, 5.41) is 4.78. The van der Waals surface area contributed by atoms with Gasteiger partial charge in [-0.15, -0.1) is 0 Å². The summed E-state index contributed by atoms with van der Waals surface area (Å²) in [4.78, 5) is 7.78. The zero-order valence-electron chi connectivity index (χ0n) is 30.8. The van der Waals surface area contributed by atoms with Crippen LogP contribution >= 0.6 is 11.8 Å². The highest BCUT2D eigenvalue weighted by atomic mass is 32.2. The Hall–Kier alpha value is -6.17. The smallest absolute Gasteiger partial charge is 0.333 e. The van der Waals surface area contributed by atoms with Crippen molar-refractivity contribution in [3.63, 3.8) is 0 Å². The van der Waals surface area contributed by atoms with Crippen LogP contribution in [0.4, 0.5) is 28.4 Å². The number of nitrogens with zero attached hydrogens (tertiary/aromatic N) is 2. The molecule has 0 bridgehead atoms. The summed E-state index contributed by atoms with van der Waals surface area (Å²) in [7, 11) is 0. The molecule has 0 aliphatic carbocycles. The minimum absolute atomic E-state index is 0.0158. The van der Waals surface area contributed by atoms with Crippen molar-refractivity contribution in [2.45, 2.75) is 36.0 Å². The lowest BCUT2D eigenvalue weighted by molar-refractivity contribution is 0.590. The Morgan fingerprint density at radius 2 is 1.31 bits per heavy atom. The lowest BCUT2D eigenvalue weighted by atomic mass is 9.43. The van der Waals surface area contributed by atoms with E-state index in [1.807, 2.05) is 11.8 Å². The zero-order valence-corrected chi connectivity index (χ0v) is 31.6. The number of hydrogen-bond donors (Lipinski definition) is 0. The van der Waals surface area contributed by atoms with Crippen LogP contribution in [0.2, 0.25) is 0 Å². The van der Waals surface area contributed by atoms with Crippen molar-refractivity contribution in [2.24, 2.45) is 0 Å². The third kappa shape index (κ3) is 4.36. The molecule has 0 N–H and O–H groups in total. The number of rotatable bonds is 2. The number of para-hydroxylation sites is 3. The monoisotopic (exact) mass is 722 g/mol. The highest BCUT2D eigenvalue weighted by molar-refractivity contribution is 7.99. The van der Waals surface area contributed by atoms with Crippen LogP contribution in [0, 0.1) is 0 Å². The molecular formula is C50H35BN2OS. The first-order chi connectivity index (χ1) is 26.9. The van der Waals surface area contributed by atoms with Gasteiger partial charge in [-0.1, -0.05) is 136 Å². The van der Waals surface area contributed by atoms with Gasteiger partial charge in [0.05, 0.1) is 11.4 Å². The van der Waals surface area contributed by atoms with Crippen LogP contribution in [0.15, 0.2) is 172 Å². The number of hydrogen-bond acceptors (Lipinski definition) is 4. The summed E-state index contributed by atoms with van der Waals surface area (Å²) >= 11 is 1.88. The van der Waals surface area contributed by atoms with E-state index in [2.05, 4.69) is 188 Å². The zero-order chi connectivity index (χ0) is 36.6. The lowest BCUT2D eigenvalue weighted by Gasteiger charge is -2.48. The van der Waals surface area contributed by atoms with Gasteiger partial charge in [0.2, 0.25) is 0 Å². The number of furan rings is 1. The van der Waals surface area contributed by atoms with Crippen molar-refractivity contribution in [3.8, 4) is 22.3 Å². The van der Waals surface area contributed by atoms with Gasteiger partial charge >= 0.3 is 6.85 Å². The minimum atomic E-state index is -0.0943. The van der Waals surface area contributed by atoms with Gasteiger partial charge in [0.1, 0.15) is 11.2 Å². The average Bonchev–Trinajstić information content (AvgIpc) is 3.58. The van der Waals surface area contributed by atoms with E-state index >= 15 is 0 Å². The predicted octanol–water partition coefficient (Wildman–Crippen LogP) is 12.9. The Kier molecular flexibility index (Phi) is 6.35. The van der Waals surface area contributed by atoms with Gasteiger partial charge in [0.25, 0.3) is 0 Å². The first-order valence-electron chi connectivity index (χ1n) is 19.1. The van der Waals surface area contributed by atoms with Crippen molar-refractivity contribution >= 4 is 90.7 Å². The number of anilines is 5. The molecule has 3 nitrogen and oxygen atoms in total. The molecule has 12 rings (SSSR count). The molecule has 0 radical (unpaired) electrons. The number of fused-ring (bicyclic) bond motifs is 11. The fraction of sp³-hybridized carbons (Fsp3) is 0.0800. The van der Waals surface area contributed by atoms with E-state index in [9.17, 15) is 0 Å². The molecule has 5 heteroatoms. The molecule has 3 aliphatic rings. The molecule has 1 aromatic heterocycles. The molecule has 4 heterocycles. The maximum Gasteiger partial charge on any atom is 0.333 e.